The predicted molar refractivity (Wildman–Crippen MR) is 108 cm³/mol. The Morgan fingerprint density at radius 1 is 1.04 bits per heavy atom. The Kier molecular flexibility index (Phi) is 5.89. The molecule has 1 aliphatic heterocycles. The van der Waals surface area contributed by atoms with E-state index in [1.165, 1.54) is 24.9 Å². The van der Waals surface area contributed by atoms with E-state index in [0.29, 0.717) is 0 Å². The van der Waals surface area contributed by atoms with Gasteiger partial charge in [-0.25, -0.2) is 10.2 Å². The van der Waals surface area contributed by atoms with Crippen LogP contribution in [0.5, 0.6) is 0 Å². The molecule has 5 heteroatoms. The van der Waals surface area contributed by atoms with Gasteiger partial charge in [0.25, 0.3) is 0 Å². The molecule has 0 aromatic heterocycles. The van der Waals surface area contributed by atoms with Crippen LogP contribution in [0, 0.1) is 13.8 Å². The van der Waals surface area contributed by atoms with E-state index in [0.717, 1.165) is 35.5 Å². The SMILES string of the molecule is Cc1cccc(NC(=O)N/N=C\c2ccc(N3CCCCC3)cc2)c1C. The average molecular weight is 350 g/mol. The topological polar surface area (TPSA) is 56.7 Å². The Balaban J connectivity index is 1.53. The highest BCUT2D eigenvalue weighted by atomic mass is 16.2. The number of piperidine rings is 1. The van der Waals surface area contributed by atoms with E-state index in [4.69, 9.17) is 0 Å². The van der Waals surface area contributed by atoms with Crippen LogP contribution in [-0.4, -0.2) is 25.3 Å². The molecule has 0 radical (unpaired) electrons. The lowest BCUT2D eigenvalue weighted by molar-refractivity contribution is 0.252. The van der Waals surface area contributed by atoms with E-state index in [1.807, 2.05) is 44.2 Å². The lowest BCUT2D eigenvalue weighted by atomic mass is 10.1. The van der Waals surface area contributed by atoms with Crippen LogP contribution in [-0.2, 0) is 0 Å². The van der Waals surface area contributed by atoms with Crippen molar-refractivity contribution in [2.45, 2.75) is 33.1 Å². The summed E-state index contributed by atoms with van der Waals surface area (Å²) in [4.78, 5) is 14.4. The van der Waals surface area contributed by atoms with E-state index in [9.17, 15) is 4.79 Å². The van der Waals surface area contributed by atoms with E-state index >= 15 is 0 Å². The van der Waals surface area contributed by atoms with Crippen LogP contribution >= 0.6 is 0 Å². The quantitative estimate of drug-likeness (QED) is 0.632. The maximum Gasteiger partial charge on any atom is 0.339 e. The van der Waals surface area contributed by atoms with E-state index in [1.54, 1.807) is 6.21 Å². The molecule has 1 aliphatic rings. The number of aryl methyl sites for hydroxylation is 1. The standard InChI is InChI=1S/C21H26N4O/c1-16-7-6-8-20(17(16)2)23-21(26)24-22-15-18-9-11-19(12-10-18)25-13-4-3-5-14-25/h6-12,15H,3-5,13-14H2,1-2H3,(H2,23,24,26)/b22-15-. The maximum absolute atomic E-state index is 12.0. The third-order valence-electron chi connectivity index (χ3n) is 4.85. The normalized spacial score (nSPS) is 14.5. The number of rotatable bonds is 4. The number of carbonyl (C=O) groups is 1. The minimum Gasteiger partial charge on any atom is -0.372 e. The predicted octanol–water partition coefficient (Wildman–Crippen LogP) is 4.45. The first kappa shape index (κ1) is 18.0. The number of nitrogens with one attached hydrogen (secondary N) is 2. The fraction of sp³-hybridized carbons (Fsp3) is 0.333. The fourth-order valence-corrected chi connectivity index (χ4v) is 3.13. The Bertz CT molecular complexity index is 777. The van der Waals surface area contributed by atoms with Gasteiger partial charge < -0.3 is 10.2 Å². The van der Waals surface area contributed by atoms with Gasteiger partial charge in [0.1, 0.15) is 0 Å². The van der Waals surface area contributed by atoms with Gasteiger partial charge in [0.15, 0.2) is 0 Å². The second kappa shape index (κ2) is 8.52. The minimum atomic E-state index is -0.347. The molecular formula is C21H26N4O. The second-order valence-corrected chi connectivity index (χ2v) is 6.71. The highest BCUT2D eigenvalue weighted by Crippen LogP contribution is 2.20. The van der Waals surface area contributed by atoms with Gasteiger partial charge in [-0.05, 0) is 68.0 Å². The van der Waals surface area contributed by atoms with Gasteiger partial charge in [-0.1, -0.05) is 24.3 Å². The smallest absolute Gasteiger partial charge is 0.339 e. The number of anilines is 2. The van der Waals surface area contributed by atoms with Crippen molar-refractivity contribution in [2.75, 3.05) is 23.3 Å². The zero-order valence-corrected chi connectivity index (χ0v) is 15.5. The second-order valence-electron chi connectivity index (χ2n) is 6.71. The molecule has 0 spiro atoms. The van der Waals surface area contributed by atoms with Crippen LogP contribution in [0.25, 0.3) is 0 Å². The van der Waals surface area contributed by atoms with Crippen LogP contribution < -0.4 is 15.6 Å². The summed E-state index contributed by atoms with van der Waals surface area (Å²) in [5.74, 6) is 0. The van der Waals surface area contributed by atoms with Gasteiger partial charge in [0.2, 0.25) is 0 Å². The van der Waals surface area contributed by atoms with Crippen LogP contribution in [0.4, 0.5) is 16.2 Å². The zero-order valence-electron chi connectivity index (χ0n) is 15.5. The summed E-state index contributed by atoms with van der Waals surface area (Å²) in [6.07, 6.45) is 5.52. The molecular weight excluding hydrogens is 324 g/mol. The van der Waals surface area contributed by atoms with Gasteiger partial charge in [0.05, 0.1) is 6.21 Å². The molecule has 3 rings (SSSR count). The average Bonchev–Trinajstić information content (AvgIpc) is 2.67. The number of hydrogen-bond acceptors (Lipinski definition) is 3. The van der Waals surface area contributed by atoms with Crippen LogP contribution in [0.3, 0.4) is 0 Å². The van der Waals surface area contributed by atoms with Crippen molar-refractivity contribution in [2.24, 2.45) is 5.10 Å². The summed E-state index contributed by atoms with van der Waals surface area (Å²) in [6, 6.07) is 13.8. The number of nitrogens with zero attached hydrogens (tertiary/aromatic N) is 2. The third kappa shape index (κ3) is 4.63. The van der Waals surface area contributed by atoms with E-state index < -0.39 is 0 Å². The first-order valence-electron chi connectivity index (χ1n) is 9.15. The van der Waals surface area contributed by atoms with Gasteiger partial charge in [-0.2, -0.15) is 5.10 Å². The summed E-state index contributed by atoms with van der Waals surface area (Å²) >= 11 is 0. The first-order valence-corrected chi connectivity index (χ1v) is 9.15. The van der Waals surface area contributed by atoms with Crippen molar-refractivity contribution < 1.29 is 4.79 Å². The van der Waals surface area contributed by atoms with E-state index in [2.05, 4.69) is 32.9 Å². The van der Waals surface area contributed by atoms with Crippen molar-refractivity contribution in [3.63, 3.8) is 0 Å². The van der Waals surface area contributed by atoms with Crippen LogP contribution in [0.15, 0.2) is 47.6 Å². The monoisotopic (exact) mass is 350 g/mol. The van der Waals surface area contributed by atoms with Crippen molar-refractivity contribution in [1.29, 1.82) is 0 Å². The molecule has 1 fully saturated rings. The lowest BCUT2D eigenvalue weighted by Crippen LogP contribution is -2.29. The highest BCUT2D eigenvalue weighted by Gasteiger charge is 2.10. The number of carbonyl (C=O) groups excluding carboxylic acids is 1. The lowest BCUT2D eigenvalue weighted by Gasteiger charge is -2.28. The van der Waals surface area contributed by atoms with Crippen molar-refractivity contribution >= 4 is 23.6 Å². The molecule has 5 nitrogen and oxygen atoms in total. The Morgan fingerprint density at radius 3 is 2.50 bits per heavy atom. The van der Waals surface area contributed by atoms with Crippen molar-refractivity contribution in [3.8, 4) is 0 Å². The van der Waals surface area contributed by atoms with Crippen molar-refractivity contribution in [1.82, 2.24) is 5.43 Å². The molecule has 1 saturated heterocycles. The van der Waals surface area contributed by atoms with E-state index in [-0.39, 0.29) is 6.03 Å². The molecule has 2 amide bonds. The molecule has 2 N–H and O–H groups in total. The molecule has 2 aromatic rings. The van der Waals surface area contributed by atoms with Crippen LogP contribution in [0.2, 0.25) is 0 Å². The molecule has 26 heavy (non-hydrogen) atoms. The Hall–Kier alpha value is -2.82. The number of urea groups is 1. The Labute approximate surface area is 155 Å². The van der Waals surface area contributed by atoms with Gasteiger partial charge >= 0.3 is 6.03 Å². The largest absolute Gasteiger partial charge is 0.372 e. The maximum atomic E-state index is 12.0. The highest BCUT2D eigenvalue weighted by molar-refractivity contribution is 5.91. The number of amides is 2. The minimum absolute atomic E-state index is 0.347. The summed E-state index contributed by atoms with van der Waals surface area (Å²) in [5, 5.41) is 6.85. The fourth-order valence-electron chi connectivity index (χ4n) is 3.13. The van der Waals surface area contributed by atoms with Gasteiger partial charge in [-0.15, -0.1) is 0 Å². The first-order chi connectivity index (χ1) is 12.6. The summed E-state index contributed by atoms with van der Waals surface area (Å²) in [7, 11) is 0. The van der Waals surface area contributed by atoms with Crippen LogP contribution in [0.1, 0.15) is 36.0 Å². The molecule has 0 unspecified atom stereocenters. The number of benzene rings is 2. The molecule has 0 atom stereocenters. The molecule has 2 aromatic carbocycles. The molecule has 0 saturated carbocycles. The Morgan fingerprint density at radius 2 is 1.77 bits per heavy atom. The third-order valence-corrected chi connectivity index (χ3v) is 4.85. The molecule has 1 heterocycles. The van der Waals surface area contributed by atoms with Gasteiger partial charge in [0, 0.05) is 24.5 Å². The molecule has 0 aliphatic carbocycles. The van der Waals surface area contributed by atoms with Crippen molar-refractivity contribution in [3.05, 3.63) is 59.2 Å². The summed E-state index contributed by atoms with van der Waals surface area (Å²) < 4.78 is 0. The zero-order chi connectivity index (χ0) is 18.4. The molecule has 0 bridgehead atoms. The number of hydrogen-bond donors (Lipinski definition) is 2. The number of hydrazone groups is 1. The molecule has 136 valence electrons. The van der Waals surface area contributed by atoms with Gasteiger partial charge in [-0.3, -0.25) is 0 Å². The summed E-state index contributed by atoms with van der Waals surface area (Å²) in [6.45, 7) is 6.27. The summed E-state index contributed by atoms with van der Waals surface area (Å²) in [5.41, 5.74) is 7.71.